The van der Waals surface area contributed by atoms with Gasteiger partial charge in [0.2, 0.25) is 0 Å². The lowest BCUT2D eigenvalue weighted by molar-refractivity contribution is 0.0361. The van der Waals surface area contributed by atoms with Crippen molar-refractivity contribution in [2.75, 3.05) is 6.61 Å². The molecule has 11 heavy (non-hydrogen) atoms. The molecule has 0 amide bonds. The van der Waals surface area contributed by atoms with Crippen LogP contribution in [0.3, 0.4) is 0 Å². The fourth-order valence-corrected chi connectivity index (χ4v) is 1.03. The third-order valence-corrected chi connectivity index (χ3v) is 1.89. The van der Waals surface area contributed by atoms with E-state index in [9.17, 15) is 9.50 Å². The summed E-state index contributed by atoms with van der Waals surface area (Å²) in [6.07, 6.45) is 3.77. The second-order valence-corrected chi connectivity index (χ2v) is 2.90. The molecule has 0 spiro atoms. The van der Waals surface area contributed by atoms with Gasteiger partial charge < -0.3 is 10.2 Å². The Morgan fingerprint density at radius 2 is 2.36 bits per heavy atom. The zero-order valence-corrected chi connectivity index (χ0v) is 6.29. The Morgan fingerprint density at radius 3 is 2.82 bits per heavy atom. The molecule has 2 N–H and O–H groups in total. The van der Waals surface area contributed by atoms with E-state index in [-0.39, 0.29) is 6.61 Å². The third kappa shape index (κ3) is 1.67. The highest BCUT2D eigenvalue weighted by atomic mass is 19.1. The second kappa shape index (κ2) is 2.75. The maximum absolute atomic E-state index is 12.5. The predicted octanol–water partition coefficient (Wildman–Crippen LogP) is 0.769. The van der Waals surface area contributed by atoms with Gasteiger partial charge in [-0.3, -0.25) is 0 Å². The second-order valence-electron chi connectivity index (χ2n) is 2.90. The van der Waals surface area contributed by atoms with Crippen molar-refractivity contribution in [2.24, 2.45) is 5.92 Å². The molecule has 62 valence electrons. The van der Waals surface area contributed by atoms with Crippen molar-refractivity contribution in [3.05, 3.63) is 24.1 Å². The van der Waals surface area contributed by atoms with Gasteiger partial charge in [0.1, 0.15) is 5.83 Å². The average Bonchev–Trinajstić information content (AvgIpc) is 1.94. The Balaban J connectivity index is 2.84. The van der Waals surface area contributed by atoms with Crippen LogP contribution in [-0.4, -0.2) is 22.4 Å². The number of allylic oxidation sites excluding steroid dienone is 2. The molecular weight excluding hydrogens is 147 g/mol. The van der Waals surface area contributed by atoms with Crippen LogP contribution in [0.1, 0.15) is 6.92 Å². The number of halogens is 1. The summed E-state index contributed by atoms with van der Waals surface area (Å²) in [4.78, 5) is 0. The van der Waals surface area contributed by atoms with Crippen LogP contribution in [0.2, 0.25) is 0 Å². The van der Waals surface area contributed by atoms with Gasteiger partial charge in [0.05, 0.1) is 12.2 Å². The van der Waals surface area contributed by atoms with E-state index in [1.54, 1.807) is 0 Å². The summed E-state index contributed by atoms with van der Waals surface area (Å²) in [6.45, 7) is 1.29. The Bertz CT molecular complexity index is 206. The van der Waals surface area contributed by atoms with Gasteiger partial charge in [0.15, 0.2) is 0 Å². The zero-order valence-electron chi connectivity index (χ0n) is 6.29. The molecule has 0 saturated heterocycles. The molecule has 1 rings (SSSR count). The summed E-state index contributed by atoms with van der Waals surface area (Å²) in [7, 11) is 0. The first-order chi connectivity index (χ1) is 5.06. The molecule has 1 aliphatic carbocycles. The third-order valence-electron chi connectivity index (χ3n) is 1.89. The largest absolute Gasteiger partial charge is 0.396 e. The van der Waals surface area contributed by atoms with Gasteiger partial charge in [-0.25, -0.2) is 4.39 Å². The highest BCUT2D eigenvalue weighted by Crippen LogP contribution is 2.26. The van der Waals surface area contributed by atoms with E-state index in [2.05, 4.69) is 0 Å². The van der Waals surface area contributed by atoms with Crippen molar-refractivity contribution >= 4 is 0 Å². The number of hydrogen-bond donors (Lipinski definition) is 2. The fourth-order valence-electron chi connectivity index (χ4n) is 1.03. The van der Waals surface area contributed by atoms with E-state index in [0.717, 1.165) is 0 Å². The molecule has 2 unspecified atom stereocenters. The molecule has 3 heteroatoms. The minimum atomic E-state index is -1.12. The summed E-state index contributed by atoms with van der Waals surface area (Å²) in [6, 6.07) is 0. The first kappa shape index (κ1) is 8.43. The van der Waals surface area contributed by atoms with Crippen LogP contribution in [0.4, 0.5) is 4.39 Å². The molecule has 2 atom stereocenters. The van der Waals surface area contributed by atoms with Crippen LogP contribution in [0, 0.1) is 5.92 Å². The van der Waals surface area contributed by atoms with Crippen LogP contribution in [-0.2, 0) is 0 Å². The summed E-state index contributed by atoms with van der Waals surface area (Å²) in [5.41, 5.74) is -1.12. The van der Waals surface area contributed by atoms with Gasteiger partial charge >= 0.3 is 0 Å². The monoisotopic (exact) mass is 158 g/mol. The molecule has 0 radical (unpaired) electrons. The molecule has 2 nitrogen and oxygen atoms in total. The minimum absolute atomic E-state index is 0.245. The van der Waals surface area contributed by atoms with Crippen LogP contribution in [0.25, 0.3) is 0 Å². The molecule has 0 aromatic rings. The van der Waals surface area contributed by atoms with Gasteiger partial charge in [0.25, 0.3) is 0 Å². The molecule has 0 aromatic heterocycles. The Labute approximate surface area is 64.7 Å². The molecule has 0 saturated carbocycles. The first-order valence-corrected chi connectivity index (χ1v) is 3.46. The molecule has 0 aromatic carbocycles. The summed E-state index contributed by atoms with van der Waals surface area (Å²) in [5, 5.41) is 18.2. The highest BCUT2D eigenvalue weighted by Gasteiger charge is 2.29. The average molecular weight is 158 g/mol. The number of hydrogen-bond acceptors (Lipinski definition) is 2. The zero-order chi connectivity index (χ0) is 8.48. The van der Waals surface area contributed by atoms with E-state index in [1.807, 2.05) is 0 Å². The van der Waals surface area contributed by atoms with E-state index in [1.165, 1.54) is 25.2 Å². The van der Waals surface area contributed by atoms with Crippen molar-refractivity contribution < 1.29 is 14.6 Å². The summed E-state index contributed by atoms with van der Waals surface area (Å²) < 4.78 is 12.5. The molecule has 0 heterocycles. The molecular formula is C8H11FO2. The highest BCUT2D eigenvalue weighted by molar-refractivity contribution is 5.24. The summed E-state index contributed by atoms with van der Waals surface area (Å²) >= 11 is 0. The molecule has 0 aliphatic heterocycles. The molecule has 0 fully saturated rings. The molecule has 1 aliphatic rings. The predicted molar refractivity (Wildman–Crippen MR) is 39.5 cm³/mol. The SMILES string of the molecule is CC1(O)C=CC(F)=CC1CO. The quantitative estimate of drug-likeness (QED) is 0.591. The molecule has 0 bridgehead atoms. The smallest absolute Gasteiger partial charge is 0.119 e. The van der Waals surface area contributed by atoms with E-state index in [0.29, 0.717) is 0 Å². The van der Waals surface area contributed by atoms with Crippen molar-refractivity contribution in [3.63, 3.8) is 0 Å². The van der Waals surface area contributed by atoms with Crippen LogP contribution >= 0.6 is 0 Å². The topological polar surface area (TPSA) is 40.5 Å². The normalized spacial score (nSPS) is 37.1. The standard InChI is InChI=1S/C8H11FO2/c1-8(11)3-2-7(9)4-6(8)5-10/h2-4,6,10-11H,5H2,1H3. The van der Waals surface area contributed by atoms with Crippen molar-refractivity contribution in [3.8, 4) is 0 Å². The van der Waals surface area contributed by atoms with Crippen LogP contribution in [0.5, 0.6) is 0 Å². The first-order valence-electron chi connectivity index (χ1n) is 3.46. The van der Waals surface area contributed by atoms with Crippen LogP contribution < -0.4 is 0 Å². The van der Waals surface area contributed by atoms with Crippen molar-refractivity contribution in [1.82, 2.24) is 0 Å². The van der Waals surface area contributed by atoms with Gasteiger partial charge in [0, 0.05) is 5.92 Å². The van der Waals surface area contributed by atoms with Crippen molar-refractivity contribution in [2.45, 2.75) is 12.5 Å². The Kier molecular flexibility index (Phi) is 2.11. The lowest BCUT2D eigenvalue weighted by Gasteiger charge is -2.28. The minimum Gasteiger partial charge on any atom is -0.396 e. The van der Waals surface area contributed by atoms with Gasteiger partial charge in [-0.1, -0.05) is 0 Å². The van der Waals surface area contributed by atoms with Crippen molar-refractivity contribution in [1.29, 1.82) is 0 Å². The maximum Gasteiger partial charge on any atom is 0.119 e. The van der Waals surface area contributed by atoms with Gasteiger partial charge in [-0.15, -0.1) is 0 Å². The number of rotatable bonds is 1. The van der Waals surface area contributed by atoms with E-state index in [4.69, 9.17) is 5.11 Å². The van der Waals surface area contributed by atoms with Gasteiger partial charge in [-0.2, -0.15) is 0 Å². The fraction of sp³-hybridized carbons (Fsp3) is 0.500. The number of aliphatic hydroxyl groups excluding tert-OH is 1. The van der Waals surface area contributed by atoms with Gasteiger partial charge in [-0.05, 0) is 25.2 Å². The lowest BCUT2D eigenvalue weighted by atomic mass is 9.86. The van der Waals surface area contributed by atoms with E-state index < -0.39 is 17.3 Å². The van der Waals surface area contributed by atoms with E-state index >= 15 is 0 Å². The number of aliphatic hydroxyl groups is 2. The van der Waals surface area contributed by atoms with Crippen LogP contribution in [0.15, 0.2) is 24.1 Å². The Morgan fingerprint density at radius 1 is 1.73 bits per heavy atom. The maximum atomic E-state index is 12.5. The lowest BCUT2D eigenvalue weighted by Crippen LogP contribution is -2.35. The summed E-state index contributed by atoms with van der Waals surface area (Å²) in [5.74, 6) is -0.942. The Hall–Kier alpha value is -0.670.